The first-order valence-electron chi connectivity index (χ1n) is 7.88. The third kappa shape index (κ3) is 6.98. The summed E-state index contributed by atoms with van der Waals surface area (Å²) in [5.41, 5.74) is 6.80. The minimum atomic E-state index is -0.308. The Morgan fingerprint density at radius 1 is 1.10 bits per heavy atom. The van der Waals surface area contributed by atoms with Gasteiger partial charge in [0.15, 0.2) is 0 Å². The van der Waals surface area contributed by atoms with Gasteiger partial charge in [0, 0.05) is 5.69 Å². The van der Waals surface area contributed by atoms with E-state index in [1.807, 2.05) is 0 Å². The second-order valence-corrected chi connectivity index (χ2v) is 6.11. The largest absolute Gasteiger partial charge is 0.462 e. The topological polar surface area (TPSA) is 52.3 Å². The Kier molecular flexibility index (Phi) is 9.15. The molecule has 0 aliphatic carbocycles. The first-order chi connectivity index (χ1) is 10.2. The van der Waals surface area contributed by atoms with Crippen molar-refractivity contribution in [3.63, 3.8) is 0 Å². The van der Waals surface area contributed by atoms with Crippen molar-refractivity contribution < 1.29 is 9.53 Å². The Labute approximate surface area is 136 Å². The van der Waals surface area contributed by atoms with E-state index >= 15 is 0 Å². The molecule has 0 unspecified atom stereocenters. The third-order valence-corrected chi connectivity index (χ3v) is 4.36. The highest BCUT2D eigenvalue weighted by Crippen LogP contribution is 2.24. The lowest BCUT2D eigenvalue weighted by Crippen LogP contribution is -2.08. The smallest absolute Gasteiger partial charge is 0.339 e. The molecule has 1 rings (SSSR count). The number of nitrogen functional groups attached to an aromatic ring is 1. The number of hydrogen-bond acceptors (Lipinski definition) is 3. The fourth-order valence-electron chi connectivity index (χ4n) is 2.19. The molecule has 21 heavy (non-hydrogen) atoms. The predicted molar refractivity (Wildman–Crippen MR) is 91.4 cm³/mol. The van der Waals surface area contributed by atoms with Gasteiger partial charge >= 0.3 is 5.97 Å². The van der Waals surface area contributed by atoms with Crippen molar-refractivity contribution in [2.75, 3.05) is 12.3 Å². The number of hydrogen-bond donors (Lipinski definition) is 1. The van der Waals surface area contributed by atoms with Crippen molar-refractivity contribution in [3.8, 4) is 0 Å². The molecule has 0 spiro atoms. The van der Waals surface area contributed by atoms with Crippen LogP contribution < -0.4 is 5.73 Å². The first kappa shape index (κ1) is 18.0. The number of halogens is 1. The fraction of sp³-hybridized carbons (Fsp3) is 0.588. The van der Waals surface area contributed by atoms with Crippen LogP contribution >= 0.6 is 15.9 Å². The average Bonchev–Trinajstić information content (AvgIpc) is 2.48. The standard InChI is InChI=1S/C17H26BrNO2/c1-2-3-4-5-6-7-8-9-13-21-17(20)14-11-10-12-15(19)16(14)18/h10-12H,2-9,13,19H2,1H3. The zero-order valence-corrected chi connectivity index (χ0v) is 14.5. The summed E-state index contributed by atoms with van der Waals surface area (Å²) in [5.74, 6) is -0.308. The molecule has 3 nitrogen and oxygen atoms in total. The van der Waals surface area contributed by atoms with E-state index in [0.717, 1.165) is 12.8 Å². The molecule has 0 fully saturated rings. The van der Waals surface area contributed by atoms with Gasteiger partial charge < -0.3 is 10.5 Å². The predicted octanol–water partition coefficient (Wildman–Crippen LogP) is 5.33. The lowest BCUT2D eigenvalue weighted by atomic mass is 10.1. The number of anilines is 1. The minimum Gasteiger partial charge on any atom is -0.462 e. The summed E-state index contributed by atoms with van der Waals surface area (Å²) in [6, 6.07) is 5.23. The van der Waals surface area contributed by atoms with Crippen molar-refractivity contribution in [1.82, 2.24) is 0 Å². The summed E-state index contributed by atoms with van der Waals surface area (Å²) in [6.07, 6.45) is 9.86. The lowest BCUT2D eigenvalue weighted by Gasteiger charge is -2.07. The number of unbranched alkanes of at least 4 members (excludes halogenated alkanes) is 7. The highest BCUT2D eigenvalue weighted by atomic mass is 79.9. The molecule has 0 saturated heterocycles. The molecule has 118 valence electrons. The maximum Gasteiger partial charge on any atom is 0.339 e. The highest BCUT2D eigenvalue weighted by Gasteiger charge is 2.12. The van der Waals surface area contributed by atoms with E-state index in [1.54, 1.807) is 18.2 Å². The van der Waals surface area contributed by atoms with Gasteiger partial charge in [0.25, 0.3) is 0 Å². The number of rotatable bonds is 10. The van der Waals surface area contributed by atoms with Gasteiger partial charge in [0.1, 0.15) is 0 Å². The second-order valence-electron chi connectivity index (χ2n) is 5.32. The molecule has 1 aromatic carbocycles. The zero-order chi connectivity index (χ0) is 15.5. The Balaban J connectivity index is 2.13. The van der Waals surface area contributed by atoms with Gasteiger partial charge in [0.2, 0.25) is 0 Å². The fourth-order valence-corrected chi connectivity index (χ4v) is 2.61. The maximum atomic E-state index is 11.9. The first-order valence-corrected chi connectivity index (χ1v) is 8.67. The van der Waals surface area contributed by atoms with E-state index < -0.39 is 0 Å². The van der Waals surface area contributed by atoms with Crippen molar-refractivity contribution in [2.45, 2.75) is 58.3 Å². The van der Waals surface area contributed by atoms with E-state index in [9.17, 15) is 4.79 Å². The molecule has 0 atom stereocenters. The Hall–Kier alpha value is -1.03. The molecule has 0 saturated carbocycles. The summed E-state index contributed by atoms with van der Waals surface area (Å²) in [6.45, 7) is 2.71. The zero-order valence-electron chi connectivity index (χ0n) is 12.9. The summed E-state index contributed by atoms with van der Waals surface area (Å²) in [7, 11) is 0. The number of carbonyl (C=O) groups is 1. The molecule has 0 amide bonds. The Morgan fingerprint density at radius 2 is 1.71 bits per heavy atom. The molecule has 0 aromatic heterocycles. The molecule has 0 bridgehead atoms. The highest BCUT2D eigenvalue weighted by molar-refractivity contribution is 9.10. The van der Waals surface area contributed by atoms with E-state index in [4.69, 9.17) is 10.5 Å². The average molecular weight is 356 g/mol. The van der Waals surface area contributed by atoms with Gasteiger partial charge in [-0.1, -0.05) is 57.9 Å². The quantitative estimate of drug-likeness (QED) is 0.350. The van der Waals surface area contributed by atoms with Gasteiger partial charge in [-0.05, 0) is 34.5 Å². The molecule has 0 aliphatic rings. The number of ether oxygens (including phenoxy) is 1. The van der Waals surface area contributed by atoms with Gasteiger partial charge in [-0.2, -0.15) is 0 Å². The monoisotopic (exact) mass is 355 g/mol. The van der Waals surface area contributed by atoms with Gasteiger partial charge in [0.05, 0.1) is 16.6 Å². The van der Waals surface area contributed by atoms with E-state index in [-0.39, 0.29) is 5.97 Å². The van der Waals surface area contributed by atoms with Crippen LogP contribution in [0.25, 0.3) is 0 Å². The molecule has 0 heterocycles. The van der Waals surface area contributed by atoms with Crippen LogP contribution in [0.1, 0.15) is 68.6 Å². The van der Waals surface area contributed by atoms with Crippen LogP contribution in [0.15, 0.2) is 22.7 Å². The van der Waals surface area contributed by atoms with E-state index in [1.165, 1.54) is 38.5 Å². The van der Waals surface area contributed by atoms with Crippen LogP contribution in [0.5, 0.6) is 0 Å². The molecule has 2 N–H and O–H groups in total. The minimum absolute atomic E-state index is 0.308. The number of benzene rings is 1. The maximum absolute atomic E-state index is 11.9. The van der Waals surface area contributed by atoms with Crippen molar-refractivity contribution in [3.05, 3.63) is 28.2 Å². The summed E-state index contributed by atoms with van der Waals surface area (Å²) in [5, 5.41) is 0. The summed E-state index contributed by atoms with van der Waals surface area (Å²) in [4.78, 5) is 11.9. The van der Waals surface area contributed by atoms with Crippen LogP contribution in [0.4, 0.5) is 5.69 Å². The molecule has 1 aromatic rings. The SMILES string of the molecule is CCCCCCCCCCOC(=O)c1cccc(N)c1Br. The number of nitrogens with two attached hydrogens (primary N) is 1. The van der Waals surface area contributed by atoms with Crippen molar-refractivity contribution in [2.24, 2.45) is 0 Å². The molecular weight excluding hydrogens is 330 g/mol. The van der Waals surface area contributed by atoms with Gasteiger partial charge in [-0.25, -0.2) is 4.79 Å². The molecule has 0 aliphatic heterocycles. The van der Waals surface area contributed by atoms with Crippen LogP contribution in [-0.4, -0.2) is 12.6 Å². The van der Waals surface area contributed by atoms with Crippen LogP contribution in [-0.2, 0) is 4.74 Å². The lowest BCUT2D eigenvalue weighted by molar-refractivity contribution is 0.0496. The van der Waals surface area contributed by atoms with Crippen molar-refractivity contribution in [1.29, 1.82) is 0 Å². The van der Waals surface area contributed by atoms with Crippen molar-refractivity contribution >= 4 is 27.6 Å². The van der Waals surface area contributed by atoms with E-state index in [2.05, 4.69) is 22.9 Å². The van der Waals surface area contributed by atoms with Crippen LogP contribution in [0.3, 0.4) is 0 Å². The summed E-state index contributed by atoms with van der Waals surface area (Å²) >= 11 is 3.32. The summed E-state index contributed by atoms with van der Waals surface area (Å²) < 4.78 is 5.90. The number of carbonyl (C=O) groups excluding carboxylic acids is 1. The Bertz CT molecular complexity index is 435. The van der Waals surface area contributed by atoms with E-state index in [0.29, 0.717) is 22.3 Å². The third-order valence-electron chi connectivity index (χ3n) is 3.48. The van der Waals surface area contributed by atoms with Crippen LogP contribution in [0.2, 0.25) is 0 Å². The molecule has 0 radical (unpaired) electrons. The molecule has 4 heteroatoms. The second kappa shape index (κ2) is 10.7. The number of esters is 1. The molecular formula is C17H26BrNO2. The Morgan fingerprint density at radius 3 is 2.38 bits per heavy atom. The normalized spacial score (nSPS) is 10.6. The van der Waals surface area contributed by atoms with Crippen LogP contribution in [0, 0.1) is 0 Å². The van der Waals surface area contributed by atoms with Gasteiger partial charge in [-0.15, -0.1) is 0 Å². The van der Waals surface area contributed by atoms with Gasteiger partial charge in [-0.3, -0.25) is 0 Å².